The van der Waals surface area contributed by atoms with Gasteiger partial charge in [0.1, 0.15) is 23.2 Å². The molecule has 1 heterocycles. The molecule has 2 unspecified atom stereocenters. The summed E-state index contributed by atoms with van der Waals surface area (Å²) in [5.41, 5.74) is -0.513. The molecule has 12 nitrogen and oxygen atoms in total. The molecular formula is C33H42N6O6. The van der Waals surface area contributed by atoms with Crippen LogP contribution in [-0.4, -0.2) is 63.2 Å². The highest BCUT2D eigenvalue weighted by atomic mass is 16.6. The van der Waals surface area contributed by atoms with Crippen molar-refractivity contribution in [2.75, 3.05) is 11.9 Å². The van der Waals surface area contributed by atoms with Gasteiger partial charge >= 0.3 is 6.09 Å². The average molecular weight is 619 g/mol. The molecule has 4 N–H and O–H groups in total. The van der Waals surface area contributed by atoms with E-state index in [2.05, 4.69) is 26.3 Å². The maximum absolute atomic E-state index is 13.5. The van der Waals surface area contributed by atoms with Crippen molar-refractivity contribution in [3.8, 4) is 0 Å². The number of alkyl carbamates (subject to hydrolysis) is 1. The van der Waals surface area contributed by atoms with Crippen molar-refractivity contribution >= 4 is 29.6 Å². The number of benzene rings is 2. The molecule has 0 saturated heterocycles. The van der Waals surface area contributed by atoms with Crippen LogP contribution in [0.25, 0.3) is 0 Å². The second-order valence-electron chi connectivity index (χ2n) is 12.6. The van der Waals surface area contributed by atoms with E-state index in [1.165, 1.54) is 20.2 Å². The molecule has 4 rings (SSSR count). The van der Waals surface area contributed by atoms with Crippen LogP contribution in [0.3, 0.4) is 0 Å². The van der Waals surface area contributed by atoms with Crippen LogP contribution in [0.1, 0.15) is 64.6 Å². The number of imidazole rings is 1. The van der Waals surface area contributed by atoms with Crippen molar-refractivity contribution in [3.05, 3.63) is 84.3 Å². The maximum atomic E-state index is 13.5. The van der Waals surface area contributed by atoms with Crippen LogP contribution in [0.2, 0.25) is 0 Å². The Bertz CT molecular complexity index is 1460. The van der Waals surface area contributed by atoms with Crippen molar-refractivity contribution in [3.63, 3.8) is 0 Å². The highest BCUT2D eigenvalue weighted by Crippen LogP contribution is 2.24. The van der Waals surface area contributed by atoms with Gasteiger partial charge in [0.25, 0.3) is 5.91 Å². The molecule has 4 amide bonds. The largest absolute Gasteiger partial charge is 0.444 e. The molecule has 1 aliphatic rings. The molecular weight excluding hydrogens is 576 g/mol. The van der Waals surface area contributed by atoms with Gasteiger partial charge in [0.15, 0.2) is 5.82 Å². The third-order valence-electron chi connectivity index (χ3n) is 6.84. The van der Waals surface area contributed by atoms with Gasteiger partial charge in [-0.05, 0) is 58.6 Å². The van der Waals surface area contributed by atoms with Crippen LogP contribution >= 0.6 is 0 Å². The van der Waals surface area contributed by atoms with Gasteiger partial charge in [-0.3, -0.25) is 14.4 Å². The first-order chi connectivity index (χ1) is 21.3. The van der Waals surface area contributed by atoms with Crippen molar-refractivity contribution in [1.29, 1.82) is 0 Å². The van der Waals surface area contributed by atoms with Gasteiger partial charge < -0.3 is 35.3 Å². The Morgan fingerprint density at radius 2 is 1.58 bits per heavy atom. The SMILES string of the molecule is CC(C)(C)OC(=O)NC(C)(C)C(=O)NC(COCc1ccccc1)C(=O)Nc1cn(C(C(=O)NC2CC2)c2ccccc2)cn1. The number of rotatable bonds is 13. The number of nitrogens with one attached hydrogen (secondary N) is 4. The predicted molar refractivity (Wildman–Crippen MR) is 168 cm³/mol. The lowest BCUT2D eigenvalue weighted by Gasteiger charge is -2.29. The first-order valence-corrected chi connectivity index (χ1v) is 14.9. The van der Waals surface area contributed by atoms with E-state index in [1.807, 2.05) is 60.7 Å². The summed E-state index contributed by atoms with van der Waals surface area (Å²) >= 11 is 0. The van der Waals surface area contributed by atoms with Gasteiger partial charge in [-0.25, -0.2) is 9.78 Å². The van der Waals surface area contributed by atoms with E-state index in [0.717, 1.165) is 24.0 Å². The number of carbonyl (C=O) groups excluding carboxylic acids is 4. The van der Waals surface area contributed by atoms with E-state index < -0.39 is 41.1 Å². The molecule has 0 aliphatic heterocycles. The Morgan fingerprint density at radius 3 is 2.20 bits per heavy atom. The molecule has 12 heteroatoms. The van der Waals surface area contributed by atoms with Crippen molar-refractivity contribution in [2.24, 2.45) is 0 Å². The first-order valence-electron chi connectivity index (χ1n) is 14.9. The minimum atomic E-state index is -1.42. The molecule has 1 saturated carbocycles. The first kappa shape index (κ1) is 33.2. The number of aromatic nitrogens is 2. The van der Waals surface area contributed by atoms with Gasteiger partial charge in [0, 0.05) is 12.2 Å². The number of amides is 4. The van der Waals surface area contributed by atoms with E-state index in [0.29, 0.717) is 0 Å². The molecule has 1 fully saturated rings. The minimum Gasteiger partial charge on any atom is -0.444 e. The summed E-state index contributed by atoms with van der Waals surface area (Å²) in [5.74, 6) is -1.19. The molecule has 1 aromatic heterocycles. The van der Waals surface area contributed by atoms with Crippen molar-refractivity contribution in [1.82, 2.24) is 25.5 Å². The van der Waals surface area contributed by atoms with Gasteiger partial charge in [-0.2, -0.15) is 0 Å². The summed E-state index contributed by atoms with van der Waals surface area (Å²) in [7, 11) is 0. The highest BCUT2D eigenvalue weighted by molar-refractivity contribution is 5.98. The van der Waals surface area contributed by atoms with Crippen LogP contribution in [-0.2, 0) is 30.5 Å². The minimum absolute atomic E-state index is 0.161. The van der Waals surface area contributed by atoms with Gasteiger partial charge in [0.2, 0.25) is 11.8 Å². The second-order valence-corrected chi connectivity index (χ2v) is 12.6. The molecule has 1 aliphatic carbocycles. The normalized spacial score (nSPS) is 14.5. The van der Waals surface area contributed by atoms with Gasteiger partial charge in [-0.1, -0.05) is 60.7 Å². The average Bonchev–Trinajstić information content (AvgIpc) is 3.67. The smallest absolute Gasteiger partial charge is 0.408 e. The summed E-state index contributed by atoms with van der Waals surface area (Å²) in [4.78, 5) is 56.7. The zero-order valence-corrected chi connectivity index (χ0v) is 26.3. The maximum Gasteiger partial charge on any atom is 0.408 e. The van der Waals surface area contributed by atoms with Crippen LogP contribution in [0, 0.1) is 0 Å². The predicted octanol–water partition coefficient (Wildman–Crippen LogP) is 3.69. The van der Waals surface area contributed by atoms with Crippen LogP contribution in [0.15, 0.2) is 73.2 Å². The van der Waals surface area contributed by atoms with Gasteiger partial charge in [0.05, 0.1) is 19.5 Å². The van der Waals surface area contributed by atoms with Crippen LogP contribution in [0.5, 0.6) is 0 Å². The van der Waals surface area contributed by atoms with E-state index in [9.17, 15) is 19.2 Å². The van der Waals surface area contributed by atoms with Crippen molar-refractivity contribution in [2.45, 2.75) is 83.3 Å². The Hall–Kier alpha value is -4.71. The summed E-state index contributed by atoms with van der Waals surface area (Å²) in [6.07, 6.45) is 4.17. The number of nitrogens with zero attached hydrogens (tertiary/aromatic N) is 2. The monoisotopic (exact) mass is 618 g/mol. The Kier molecular flexibility index (Phi) is 10.6. The second kappa shape index (κ2) is 14.4. The fraction of sp³-hybridized carbons (Fsp3) is 0.424. The molecule has 3 aromatic rings. The summed E-state index contributed by atoms with van der Waals surface area (Å²) < 4.78 is 12.7. The zero-order chi connectivity index (χ0) is 32.6. The molecule has 240 valence electrons. The van der Waals surface area contributed by atoms with Crippen LogP contribution in [0.4, 0.5) is 10.6 Å². The molecule has 45 heavy (non-hydrogen) atoms. The molecule has 0 spiro atoms. The summed E-state index contributed by atoms with van der Waals surface area (Å²) in [6, 6.07) is 17.0. The van der Waals surface area contributed by atoms with E-state index in [-0.39, 0.29) is 31.0 Å². The molecule has 2 atom stereocenters. The third-order valence-corrected chi connectivity index (χ3v) is 6.84. The number of anilines is 1. The Labute approximate surface area is 263 Å². The van der Waals surface area contributed by atoms with Crippen molar-refractivity contribution < 1.29 is 28.7 Å². The van der Waals surface area contributed by atoms with E-state index in [4.69, 9.17) is 9.47 Å². The fourth-order valence-electron chi connectivity index (χ4n) is 4.36. The quantitative estimate of drug-likeness (QED) is 0.228. The van der Waals surface area contributed by atoms with E-state index >= 15 is 0 Å². The standard InChI is InChI=1S/C33H42N6O6/c1-32(2,3)45-31(43)38-33(4,5)30(42)36-25(20-44-19-22-12-8-6-9-13-22)28(40)37-26-18-39(21-34-26)27(23-14-10-7-11-15-23)29(41)35-24-16-17-24/h6-15,18,21,24-25,27H,16-17,19-20H2,1-5H3,(H,35,41)(H,36,42)(H,37,40)(H,38,43). The summed E-state index contributed by atoms with van der Waals surface area (Å²) in [5, 5.41) is 11.0. The molecule has 2 aromatic carbocycles. The molecule has 0 radical (unpaired) electrons. The zero-order valence-electron chi connectivity index (χ0n) is 26.3. The lowest BCUT2D eigenvalue weighted by molar-refractivity contribution is -0.131. The fourth-order valence-corrected chi connectivity index (χ4v) is 4.36. The number of ether oxygens (including phenoxy) is 2. The van der Waals surface area contributed by atoms with E-state index in [1.54, 1.807) is 31.5 Å². The Balaban J connectivity index is 1.48. The summed E-state index contributed by atoms with van der Waals surface area (Å²) in [6.45, 7) is 8.21. The lowest BCUT2D eigenvalue weighted by Crippen LogP contribution is -2.59. The molecule has 0 bridgehead atoms. The topological polar surface area (TPSA) is 153 Å². The number of hydrogen-bond donors (Lipinski definition) is 4. The van der Waals surface area contributed by atoms with Gasteiger partial charge in [-0.15, -0.1) is 0 Å². The Morgan fingerprint density at radius 1 is 0.933 bits per heavy atom. The van der Waals surface area contributed by atoms with Crippen LogP contribution < -0.4 is 21.3 Å². The lowest BCUT2D eigenvalue weighted by atomic mass is 10.0. The number of hydrogen-bond acceptors (Lipinski definition) is 7. The number of carbonyl (C=O) groups is 4. The highest BCUT2D eigenvalue weighted by Gasteiger charge is 2.35. The third kappa shape index (κ3) is 10.2.